The van der Waals surface area contributed by atoms with Crippen LogP contribution in [0.1, 0.15) is 11.1 Å². The third-order valence-corrected chi connectivity index (χ3v) is 6.24. The number of carbonyl (C=O) groups excluding carboxylic acids is 2. The number of para-hydroxylation sites is 2. The first kappa shape index (κ1) is 22.4. The minimum Gasteiger partial charge on any atom is -0.478 e. The van der Waals surface area contributed by atoms with Gasteiger partial charge < -0.3 is 10.4 Å². The number of nitrogens with one attached hydrogen (secondary N) is 1. The van der Waals surface area contributed by atoms with Gasteiger partial charge in [-0.25, -0.2) is 4.79 Å². The zero-order valence-corrected chi connectivity index (χ0v) is 18.5. The number of aryl methyl sites for hydroxylation is 2. The van der Waals surface area contributed by atoms with Gasteiger partial charge in [-0.1, -0.05) is 36.4 Å². The van der Waals surface area contributed by atoms with Crippen LogP contribution < -0.4 is 10.2 Å². The summed E-state index contributed by atoms with van der Waals surface area (Å²) in [6.07, 6.45) is 3.52. The Bertz CT molecular complexity index is 1170. The molecule has 166 valence electrons. The van der Waals surface area contributed by atoms with E-state index < -0.39 is 11.9 Å². The number of fused-ring (bicyclic) bond motifs is 2. The molecule has 0 fully saturated rings. The first-order valence-corrected chi connectivity index (χ1v) is 11.4. The van der Waals surface area contributed by atoms with Crippen LogP contribution in [0.2, 0.25) is 0 Å². The molecule has 1 heterocycles. The van der Waals surface area contributed by atoms with E-state index in [0.29, 0.717) is 5.69 Å². The van der Waals surface area contributed by atoms with Gasteiger partial charge in [-0.15, -0.1) is 11.8 Å². The summed E-state index contributed by atoms with van der Waals surface area (Å²) in [6.45, 7) is 0. The highest BCUT2D eigenvalue weighted by atomic mass is 32.2. The normalized spacial score (nSPS) is 12.5. The number of carbonyl (C=O) groups is 3. The summed E-state index contributed by atoms with van der Waals surface area (Å²) in [5.41, 5.74) is 4.72. The number of anilines is 3. The van der Waals surface area contributed by atoms with Crippen molar-refractivity contribution in [2.45, 2.75) is 17.7 Å². The van der Waals surface area contributed by atoms with E-state index in [1.54, 1.807) is 12.1 Å². The van der Waals surface area contributed by atoms with Gasteiger partial charge in [0, 0.05) is 22.7 Å². The lowest BCUT2D eigenvalue weighted by Crippen LogP contribution is -2.28. The maximum absolute atomic E-state index is 13.4. The Kier molecular flexibility index (Phi) is 6.90. The quantitative estimate of drug-likeness (QED) is 0.408. The molecule has 0 unspecified atom stereocenters. The molecular weight excluding hydrogens is 436 g/mol. The Balaban J connectivity index is 1.46. The molecule has 0 saturated heterocycles. The molecule has 0 saturated carbocycles. The van der Waals surface area contributed by atoms with E-state index in [1.807, 2.05) is 53.4 Å². The number of aliphatic carboxylic acids is 1. The molecule has 0 spiro atoms. The van der Waals surface area contributed by atoms with E-state index in [-0.39, 0.29) is 11.7 Å². The van der Waals surface area contributed by atoms with Crippen molar-refractivity contribution in [3.63, 3.8) is 0 Å². The van der Waals surface area contributed by atoms with Crippen LogP contribution in [-0.2, 0) is 27.2 Å². The minimum atomic E-state index is -1.18. The number of carboxylic acid groups (broad SMARTS) is 1. The summed E-state index contributed by atoms with van der Waals surface area (Å²) >= 11 is 1.42. The van der Waals surface area contributed by atoms with E-state index >= 15 is 0 Å². The second kappa shape index (κ2) is 10.2. The Hall–Kier alpha value is -3.84. The van der Waals surface area contributed by atoms with Crippen molar-refractivity contribution in [1.82, 2.24) is 0 Å². The van der Waals surface area contributed by atoms with Crippen LogP contribution in [0.15, 0.2) is 89.8 Å². The first-order chi connectivity index (χ1) is 16.0. The molecule has 3 aromatic rings. The van der Waals surface area contributed by atoms with Gasteiger partial charge >= 0.3 is 5.97 Å². The molecule has 2 N–H and O–H groups in total. The fourth-order valence-corrected chi connectivity index (χ4v) is 4.47. The van der Waals surface area contributed by atoms with E-state index in [0.717, 1.165) is 52.4 Å². The summed E-state index contributed by atoms with van der Waals surface area (Å²) in [5.74, 6) is -1.45. The summed E-state index contributed by atoms with van der Waals surface area (Å²) < 4.78 is 0. The number of nitrogens with zero attached hydrogens (tertiary/aromatic N) is 1. The average Bonchev–Trinajstić information content (AvgIpc) is 2.99. The minimum absolute atomic E-state index is 0.00186. The SMILES string of the molecule is O=C(O)/C=C/C(=O)Nc1ccc(SCC(=O)N2c3ccccc3CCc3ccccc32)cc1. The number of rotatable bonds is 6. The second-order valence-corrected chi connectivity index (χ2v) is 8.51. The molecule has 33 heavy (non-hydrogen) atoms. The zero-order valence-electron chi connectivity index (χ0n) is 17.7. The van der Waals surface area contributed by atoms with E-state index in [9.17, 15) is 14.4 Å². The van der Waals surface area contributed by atoms with Crippen LogP contribution in [0, 0.1) is 0 Å². The van der Waals surface area contributed by atoms with Crippen LogP contribution in [-0.4, -0.2) is 28.6 Å². The van der Waals surface area contributed by atoms with Gasteiger partial charge in [0.15, 0.2) is 0 Å². The van der Waals surface area contributed by atoms with E-state index in [2.05, 4.69) is 17.4 Å². The van der Waals surface area contributed by atoms with Crippen LogP contribution >= 0.6 is 11.8 Å². The van der Waals surface area contributed by atoms with E-state index in [1.165, 1.54) is 11.8 Å². The van der Waals surface area contributed by atoms with Gasteiger partial charge in [-0.05, 0) is 60.4 Å². The first-order valence-electron chi connectivity index (χ1n) is 10.4. The van der Waals surface area contributed by atoms with Crippen molar-refractivity contribution < 1.29 is 19.5 Å². The highest BCUT2D eigenvalue weighted by molar-refractivity contribution is 8.00. The largest absolute Gasteiger partial charge is 0.478 e. The smallest absolute Gasteiger partial charge is 0.328 e. The fraction of sp³-hybridized carbons (Fsp3) is 0.115. The molecule has 0 aromatic heterocycles. The highest BCUT2D eigenvalue weighted by Crippen LogP contribution is 2.36. The number of benzene rings is 3. The summed E-state index contributed by atoms with van der Waals surface area (Å²) in [6, 6.07) is 23.1. The molecule has 0 bridgehead atoms. The maximum Gasteiger partial charge on any atom is 0.328 e. The molecule has 2 amide bonds. The Morgan fingerprint density at radius 1 is 0.848 bits per heavy atom. The van der Waals surface area contributed by atoms with Crippen LogP contribution in [0.3, 0.4) is 0 Å². The lowest BCUT2D eigenvalue weighted by Gasteiger charge is -2.25. The Morgan fingerprint density at radius 2 is 1.42 bits per heavy atom. The van der Waals surface area contributed by atoms with Gasteiger partial charge in [0.1, 0.15) is 0 Å². The molecule has 0 aliphatic carbocycles. The van der Waals surface area contributed by atoms with Crippen LogP contribution in [0.4, 0.5) is 17.1 Å². The molecule has 0 atom stereocenters. The van der Waals surface area contributed by atoms with Gasteiger partial charge in [0.25, 0.3) is 0 Å². The number of hydrogen-bond acceptors (Lipinski definition) is 4. The molecule has 1 aliphatic rings. The fourth-order valence-electron chi connectivity index (χ4n) is 3.72. The molecule has 0 radical (unpaired) electrons. The number of hydrogen-bond donors (Lipinski definition) is 2. The number of carboxylic acids is 1. The predicted molar refractivity (Wildman–Crippen MR) is 130 cm³/mol. The van der Waals surface area contributed by atoms with Crippen LogP contribution in [0.5, 0.6) is 0 Å². The summed E-state index contributed by atoms with van der Waals surface area (Å²) in [4.78, 5) is 38.3. The number of amides is 2. The van der Waals surface area contributed by atoms with Gasteiger partial charge in [-0.2, -0.15) is 0 Å². The number of thioether (sulfide) groups is 1. The second-order valence-electron chi connectivity index (χ2n) is 7.46. The van der Waals surface area contributed by atoms with Gasteiger partial charge in [0.2, 0.25) is 11.8 Å². The summed E-state index contributed by atoms with van der Waals surface area (Å²) in [7, 11) is 0. The van der Waals surface area contributed by atoms with Crippen molar-refractivity contribution in [2.75, 3.05) is 16.0 Å². The topological polar surface area (TPSA) is 86.7 Å². The Labute approximate surface area is 195 Å². The standard InChI is InChI=1S/C26H22N2O4S/c29-24(15-16-26(31)32)27-20-11-13-21(14-12-20)33-17-25(30)28-22-7-3-1-5-18(22)9-10-19-6-2-4-8-23(19)28/h1-8,11-16H,9-10,17H2,(H,27,29)(H,31,32)/b16-15+. The summed E-state index contributed by atoms with van der Waals surface area (Å²) in [5, 5.41) is 11.2. The molecule has 6 nitrogen and oxygen atoms in total. The van der Waals surface area contributed by atoms with E-state index in [4.69, 9.17) is 5.11 Å². The lowest BCUT2D eigenvalue weighted by molar-refractivity contribution is -0.131. The molecule has 3 aromatic carbocycles. The van der Waals surface area contributed by atoms with Crippen molar-refractivity contribution in [1.29, 1.82) is 0 Å². The van der Waals surface area contributed by atoms with Crippen molar-refractivity contribution in [2.24, 2.45) is 0 Å². The monoisotopic (exact) mass is 458 g/mol. The predicted octanol–water partition coefficient (Wildman–Crippen LogP) is 4.82. The van der Waals surface area contributed by atoms with Crippen molar-refractivity contribution in [3.8, 4) is 0 Å². The molecule has 4 rings (SSSR count). The van der Waals surface area contributed by atoms with Gasteiger partial charge in [-0.3, -0.25) is 14.5 Å². The van der Waals surface area contributed by atoms with Crippen molar-refractivity contribution >= 4 is 46.6 Å². The third-order valence-electron chi connectivity index (χ3n) is 5.24. The lowest BCUT2D eigenvalue weighted by atomic mass is 10.0. The average molecular weight is 459 g/mol. The highest BCUT2D eigenvalue weighted by Gasteiger charge is 2.25. The molecule has 1 aliphatic heterocycles. The van der Waals surface area contributed by atoms with Gasteiger partial charge in [0.05, 0.1) is 17.1 Å². The zero-order chi connectivity index (χ0) is 23.2. The van der Waals surface area contributed by atoms with Crippen molar-refractivity contribution in [3.05, 3.63) is 96.1 Å². The maximum atomic E-state index is 13.4. The Morgan fingerprint density at radius 3 is 2.00 bits per heavy atom. The van der Waals surface area contributed by atoms with Crippen LogP contribution in [0.25, 0.3) is 0 Å². The molecule has 7 heteroatoms. The molecular formula is C26H22N2O4S. The third kappa shape index (κ3) is 5.51.